The van der Waals surface area contributed by atoms with Crippen molar-refractivity contribution in [2.24, 2.45) is 5.92 Å². The molecule has 2 aromatic rings. The summed E-state index contributed by atoms with van der Waals surface area (Å²) in [7, 11) is 0. The predicted octanol–water partition coefficient (Wildman–Crippen LogP) is 3.31. The Balaban J connectivity index is 1.68. The smallest absolute Gasteiger partial charge is 0.265 e. The molecule has 0 radical (unpaired) electrons. The molecule has 1 aliphatic rings. The summed E-state index contributed by atoms with van der Waals surface area (Å²) in [4.78, 5) is 24.2. The van der Waals surface area contributed by atoms with Crippen molar-refractivity contribution in [3.63, 3.8) is 0 Å². The lowest BCUT2D eigenvalue weighted by Gasteiger charge is -2.32. The Morgan fingerprint density at radius 3 is 3.00 bits per heavy atom. The number of amides is 1. The van der Waals surface area contributed by atoms with Gasteiger partial charge in [-0.1, -0.05) is 0 Å². The predicted molar refractivity (Wildman–Crippen MR) is 86.0 cm³/mol. The second-order valence-corrected chi connectivity index (χ2v) is 7.72. The van der Waals surface area contributed by atoms with Crippen molar-refractivity contribution in [1.29, 1.82) is 0 Å². The Bertz CT molecular complexity index is 621. The van der Waals surface area contributed by atoms with E-state index in [4.69, 9.17) is 0 Å². The number of aryl methyl sites for hydroxylation is 2. The number of piperidine rings is 1. The molecular weight excluding hydrogens is 302 g/mol. The molecule has 6 heteroatoms. The van der Waals surface area contributed by atoms with Crippen molar-refractivity contribution in [1.82, 2.24) is 14.9 Å². The SMILES string of the molecule is Cc1nc(C)c(C(=O)N2CCC[C@@H](Cc3nccs3)C2)s1. The van der Waals surface area contributed by atoms with Gasteiger partial charge in [0.25, 0.3) is 5.91 Å². The van der Waals surface area contributed by atoms with E-state index in [0.717, 1.165) is 41.5 Å². The van der Waals surface area contributed by atoms with Crippen LogP contribution in [0.15, 0.2) is 11.6 Å². The average molecular weight is 321 g/mol. The van der Waals surface area contributed by atoms with Crippen LogP contribution in [-0.2, 0) is 6.42 Å². The van der Waals surface area contributed by atoms with Gasteiger partial charge in [-0.05, 0) is 32.6 Å². The highest BCUT2D eigenvalue weighted by Gasteiger charge is 2.27. The number of likely N-dealkylation sites (tertiary alicyclic amines) is 1. The zero-order chi connectivity index (χ0) is 14.8. The second-order valence-electron chi connectivity index (χ2n) is 5.54. The fourth-order valence-corrected chi connectivity index (χ4v) is 4.51. The number of carbonyl (C=O) groups is 1. The highest BCUT2D eigenvalue weighted by Crippen LogP contribution is 2.25. The molecule has 21 heavy (non-hydrogen) atoms. The van der Waals surface area contributed by atoms with Crippen LogP contribution in [0, 0.1) is 19.8 Å². The summed E-state index contributed by atoms with van der Waals surface area (Å²) in [5.74, 6) is 0.685. The highest BCUT2D eigenvalue weighted by molar-refractivity contribution is 7.13. The first kappa shape index (κ1) is 14.7. The number of hydrogen-bond donors (Lipinski definition) is 0. The normalized spacial score (nSPS) is 19.0. The summed E-state index contributed by atoms with van der Waals surface area (Å²) in [6.07, 6.45) is 5.11. The Hall–Kier alpha value is -1.27. The molecule has 3 rings (SSSR count). The van der Waals surface area contributed by atoms with Crippen LogP contribution in [0.5, 0.6) is 0 Å². The molecule has 1 aliphatic heterocycles. The van der Waals surface area contributed by atoms with Gasteiger partial charge in [0.2, 0.25) is 0 Å². The van der Waals surface area contributed by atoms with E-state index in [9.17, 15) is 4.79 Å². The van der Waals surface area contributed by atoms with Gasteiger partial charge in [-0.15, -0.1) is 22.7 Å². The molecule has 112 valence electrons. The van der Waals surface area contributed by atoms with Gasteiger partial charge in [-0.2, -0.15) is 0 Å². The molecule has 1 fully saturated rings. The maximum absolute atomic E-state index is 12.7. The lowest BCUT2D eigenvalue weighted by atomic mass is 9.95. The Labute approximate surface area is 132 Å². The molecular formula is C15H19N3OS2. The third-order valence-corrected chi connectivity index (χ3v) is 5.71. The molecule has 1 amide bonds. The molecule has 2 aromatic heterocycles. The van der Waals surface area contributed by atoms with Crippen LogP contribution in [0.2, 0.25) is 0 Å². The van der Waals surface area contributed by atoms with Gasteiger partial charge < -0.3 is 4.90 Å². The lowest BCUT2D eigenvalue weighted by molar-refractivity contribution is 0.0677. The Morgan fingerprint density at radius 2 is 2.33 bits per heavy atom. The number of thiazole rings is 2. The summed E-state index contributed by atoms with van der Waals surface area (Å²) >= 11 is 3.22. The van der Waals surface area contributed by atoms with E-state index >= 15 is 0 Å². The molecule has 0 bridgehead atoms. The van der Waals surface area contributed by atoms with E-state index in [0.29, 0.717) is 5.92 Å². The highest BCUT2D eigenvalue weighted by atomic mass is 32.1. The first-order chi connectivity index (χ1) is 10.1. The first-order valence-electron chi connectivity index (χ1n) is 7.25. The summed E-state index contributed by atoms with van der Waals surface area (Å²) in [6.45, 7) is 5.59. The van der Waals surface area contributed by atoms with E-state index in [1.807, 2.05) is 30.3 Å². The van der Waals surface area contributed by atoms with Gasteiger partial charge in [-0.25, -0.2) is 9.97 Å². The fourth-order valence-electron chi connectivity index (χ4n) is 2.89. The molecule has 0 aliphatic carbocycles. The minimum atomic E-state index is 0.155. The molecule has 4 nitrogen and oxygen atoms in total. The van der Waals surface area contributed by atoms with Crippen LogP contribution in [0.25, 0.3) is 0 Å². The van der Waals surface area contributed by atoms with Crippen LogP contribution in [0.1, 0.15) is 38.2 Å². The van der Waals surface area contributed by atoms with Crippen LogP contribution in [0.4, 0.5) is 0 Å². The van der Waals surface area contributed by atoms with Crippen molar-refractivity contribution < 1.29 is 4.79 Å². The maximum atomic E-state index is 12.7. The van der Waals surface area contributed by atoms with Gasteiger partial charge in [0.05, 0.1) is 15.7 Å². The van der Waals surface area contributed by atoms with E-state index in [1.165, 1.54) is 22.8 Å². The van der Waals surface area contributed by atoms with Crippen LogP contribution < -0.4 is 0 Å². The molecule has 0 unspecified atom stereocenters. The first-order valence-corrected chi connectivity index (χ1v) is 8.95. The van der Waals surface area contributed by atoms with Crippen molar-refractivity contribution in [3.05, 3.63) is 32.2 Å². The molecule has 3 heterocycles. The third-order valence-electron chi connectivity index (χ3n) is 3.85. The van der Waals surface area contributed by atoms with Gasteiger partial charge in [0, 0.05) is 31.1 Å². The van der Waals surface area contributed by atoms with Crippen LogP contribution in [0.3, 0.4) is 0 Å². The third kappa shape index (κ3) is 3.32. The van der Waals surface area contributed by atoms with Crippen molar-refractivity contribution in [3.8, 4) is 0 Å². The van der Waals surface area contributed by atoms with E-state index in [1.54, 1.807) is 11.3 Å². The van der Waals surface area contributed by atoms with Crippen molar-refractivity contribution >= 4 is 28.6 Å². The van der Waals surface area contributed by atoms with Crippen LogP contribution in [-0.4, -0.2) is 33.9 Å². The minimum Gasteiger partial charge on any atom is -0.338 e. The Kier molecular flexibility index (Phi) is 4.35. The zero-order valence-corrected chi connectivity index (χ0v) is 14.0. The number of rotatable bonds is 3. The van der Waals surface area contributed by atoms with Crippen molar-refractivity contribution in [2.75, 3.05) is 13.1 Å². The molecule has 1 saturated heterocycles. The quantitative estimate of drug-likeness (QED) is 0.871. The molecule has 0 saturated carbocycles. The molecule has 0 N–H and O–H groups in total. The number of carbonyl (C=O) groups excluding carboxylic acids is 1. The zero-order valence-electron chi connectivity index (χ0n) is 12.3. The summed E-state index contributed by atoms with van der Waals surface area (Å²) in [6, 6.07) is 0. The van der Waals surface area contributed by atoms with Crippen molar-refractivity contribution in [2.45, 2.75) is 33.1 Å². The number of nitrogens with zero attached hydrogens (tertiary/aromatic N) is 3. The lowest BCUT2D eigenvalue weighted by Crippen LogP contribution is -2.40. The summed E-state index contributed by atoms with van der Waals surface area (Å²) in [5.41, 5.74) is 0.865. The summed E-state index contributed by atoms with van der Waals surface area (Å²) < 4.78 is 0. The number of hydrogen-bond acceptors (Lipinski definition) is 5. The van der Waals surface area contributed by atoms with E-state index < -0.39 is 0 Å². The average Bonchev–Trinajstić information content (AvgIpc) is 3.08. The van der Waals surface area contributed by atoms with Gasteiger partial charge >= 0.3 is 0 Å². The summed E-state index contributed by atoms with van der Waals surface area (Å²) in [5, 5.41) is 4.16. The van der Waals surface area contributed by atoms with E-state index in [-0.39, 0.29) is 5.91 Å². The van der Waals surface area contributed by atoms with Crippen LogP contribution >= 0.6 is 22.7 Å². The molecule has 1 atom stereocenters. The molecule has 0 spiro atoms. The monoisotopic (exact) mass is 321 g/mol. The minimum absolute atomic E-state index is 0.155. The van der Waals surface area contributed by atoms with Gasteiger partial charge in [0.15, 0.2) is 0 Å². The molecule has 0 aromatic carbocycles. The fraction of sp³-hybridized carbons (Fsp3) is 0.533. The standard InChI is InChI=1S/C15H19N3OS2/c1-10-14(21-11(2)17-10)15(19)18-6-3-4-12(9-18)8-13-16-5-7-20-13/h5,7,12H,3-4,6,8-9H2,1-2H3/t12-/m0/s1. The van der Waals surface area contributed by atoms with Gasteiger partial charge in [0.1, 0.15) is 4.88 Å². The van der Waals surface area contributed by atoms with E-state index in [2.05, 4.69) is 9.97 Å². The topological polar surface area (TPSA) is 46.1 Å². The Morgan fingerprint density at radius 1 is 1.48 bits per heavy atom. The van der Waals surface area contributed by atoms with Gasteiger partial charge in [-0.3, -0.25) is 4.79 Å². The second kappa shape index (κ2) is 6.23. The maximum Gasteiger partial charge on any atom is 0.265 e. The largest absolute Gasteiger partial charge is 0.338 e. The number of aromatic nitrogens is 2.